The maximum Gasteiger partial charge on any atom is 0.245 e. The predicted octanol–water partition coefficient (Wildman–Crippen LogP) is 1.06. The molecule has 1 rings (SSSR count). The Hall–Kier alpha value is -0.590. The van der Waals surface area contributed by atoms with Crippen molar-refractivity contribution in [1.29, 1.82) is 0 Å². The molecular formula is C9H16ClN3O2S. The van der Waals surface area contributed by atoms with Crippen LogP contribution in [0.25, 0.3) is 0 Å². The van der Waals surface area contributed by atoms with Crippen molar-refractivity contribution in [3.8, 4) is 0 Å². The lowest BCUT2D eigenvalue weighted by Gasteiger charge is -2.16. The molecule has 0 spiro atoms. The van der Waals surface area contributed by atoms with Gasteiger partial charge in [0.1, 0.15) is 4.90 Å². The van der Waals surface area contributed by atoms with Crippen LogP contribution in [-0.4, -0.2) is 41.5 Å². The second-order valence-corrected chi connectivity index (χ2v) is 6.54. The van der Waals surface area contributed by atoms with Crippen molar-refractivity contribution >= 4 is 21.6 Å². The van der Waals surface area contributed by atoms with E-state index in [0.717, 1.165) is 0 Å². The van der Waals surface area contributed by atoms with E-state index in [-0.39, 0.29) is 10.3 Å². The van der Waals surface area contributed by atoms with Crippen LogP contribution in [0.1, 0.15) is 13.3 Å². The van der Waals surface area contributed by atoms with Crippen molar-refractivity contribution in [1.82, 2.24) is 14.1 Å². The van der Waals surface area contributed by atoms with Gasteiger partial charge in [0.25, 0.3) is 0 Å². The third-order valence-corrected chi connectivity index (χ3v) is 4.26. The van der Waals surface area contributed by atoms with E-state index in [1.165, 1.54) is 21.4 Å². The van der Waals surface area contributed by atoms with Gasteiger partial charge in [-0.05, 0) is 13.3 Å². The van der Waals surface area contributed by atoms with Gasteiger partial charge in [0.2, 0.25) is 10.0 Å². The molecule has 0 bridgehead atoms. The molecule has 0 saturated heterocycles. The van der Waals surface area contributed by atoms with Crippen molar-refractivity contribution in [2.45, 2.75) is 23.6 Å². The van der Waals surface area contributed by atoms with E-state index in [4.69, 9.17) is 11.6 Å². The van der Waals surface area contributed by atoms with Crippen LogP contribution in [0.15, 0.2) is 17.3 Å². The van der Waals surface area contributed by atoms with E-state index < -0.39 is 10.0 Å². The Morgan fingerprint density at radius 2 is 2.25 bits per heavy atom. The molecule has 0 N–H and O–H groups in total. The highest BCUT2D eigenvalue weighted by atomic mass is 35.5. The molecule has 0 fully saturated rings. The Bertz CT molecular complexity index is 441. The van der Waals surface area contributed by atoms with Crippen molar-refractivity contribution in [2.75, 3.05) is 13.6 Å². The van der Waals surface area contributed by atoms with Crippen molar-refractivity contribution in [3.05, 3.63) is 12.4 Å². The second kappa shape index (κ2) is 5.16. The van der Waals surface area contributed by atoms with E-state index in [2.05, 4.69) is 5.10 Å². The third kappa shape index (κ3) is 3.20. The van der Waals surface area contributed by atoms with Crippen LogP contribution in [0, 0.1) is 0 Å². The number of nitrogens with zero attached hydrogens (tertiary/aromatic N) is 3. The summed E-state index contributed by atoms with van der Waals surface area (Å²) in [7, 11) is -0.199. The lowest BCUT2D eigenvalue weighted by Crippen LogP contribution is -2.28. The summed E-state index contributed by atoms with van der Waals surface area (Å²) < 4.78 is 26.7. The van der Waals surface area contributed by atoms with Crippen LogP contribution in [0.5, 0.6) is 0 Å². The van der Waals surface area contributed by atoms with Crippen LogP contribution >= 0.6 is 11.6 Å². The van der Waals surface area contributed by atoms with Gasteiger partial charge in [-0.15, -0.1) is 11.6 Å². The van der Waals surface area contributed by atoms with E-state index in [0.29, 0.717) is 13.0 Å². The highest BCUT2D eigenvalue weighted by Crippen LogP contribution is 2.14. The smallest absolute Gasteiger partial charge is 0.245 e. The minimum Gasteiger partial charge on any atom is -0.274 e. The molecule has 0 aliphatic heterocycles. The van der Waals surface area contributed by atoms with Gasteiger partial charge >= 0.3 is 0 Å². The number of rotatable bonds is 5. The molecule has 92 valence electrons. The summed E-state index contributed by atoms with van der Waals surface area (Å²) in [6.07, 6.45) is 3.45. The number of hydrogen-bond acceptors (Lipinski definition) is 3. The molecule has 0 aliphatic carbocycles. The first-order valence-corrected chi connectivity index (χ1v) is 6.80. The average molecular weight is 266 g/mol. The standard InChI is InChI=1S/C9H16ClN3O2S/c1-8(10)4-5-13(3)16(14,15)9-6-11-12(2)7-9/h6-8H,4-5H2,1-3H3. The maximum atomic E-state index is 12.0. The number of sulfonamides is 1. The summed E-state index contributed by atoms with van der Waals surface area (Å²) in [6.45, 7) is 2.24. The summed E-state index contributed by atoms with van der Waals surface area (Å²) >= 11 is 5.78. The zero-order valence-corrected chi connectivity index (χ0v) is 11.2. The Balaban J connectivity index is 2.78. The van der Waals surface area contributed by atoms with Gasteiger partial charge in [-0.3, -0.25) is 4.68 Å². The van der Waals surface area contributed by atoms with Crippen LogP contribution in [-0.2, 0) is 17.1 Å². The average Bonchev–Trinajstić information content (AvgIpc) is 2.61. The van der Waals surface area contributed by atoms with Gasteiger partial charge < -0.3 is 0 Å². The SMILES string of the molecule is CC(Cl)CCN(C)S(=O)(=O)c1cnn(C)c1. The van der Waals surface area contributed by atoms with E-state index in [1.54, 1.807) is 14.1 Å². The number of halogens is 1. The Morgan fingerprint density at radius 3 is 2.69 bits per heavy atom. The molecule has 1 aromatic heterocycles. The monoisotopic (exact) mass is 265 g/mol. The number of aryl methyl sites for hydroxylation is 1. The predicted molar refractivity (Wildman–Crippen MR) is 63.0 cm³/mol. The number of aromatic nitrogens is 2. The van der Waals surface area contributed by atoms with Crippen LogP contribution in [0.3, 0.4) is 0 Å². The van der Waals surface area contributed by atoms with Gasteiger partial charge in [-0.25, -0.2) is 12.7 Å². The third-order valence-electron chi connectivity index (χ3n) is 2.23. The topological polar surface area (TPSA) is 55.2 Å². The quantitative estimate of drug-likeness (QED) is 0.748. The molecule has 0 aromatic carbocycles. The van der Waals surface area contributed by atoms with Crippen molar-refractivity contribution in [3.63, 3.8) is 0 Å². The Labute approximate surface area is 101 Å². The first-order valence-electron chi connectivity index (χ1n) is 4.93. The van der Waals surface area contributed by atoms with Gasteiger partial charge in [0.15, 0.2) is 0 Å². The fourth-order valence-electron chi connectivity index (χ4n) is 1.19. The molecule has 16 heavy (non-hydrogen) atoms. The van der Waals surface area contributed by atoms with Crippen LogP contribution in [0.4, 0.5) is 0 Å². The molecule has 7 heteroatoms. The Kier molecular flexibility index (Phi) is 4.35. The lowest BCUT2D eigenvalue weighted by atomic mass is 10.3. The van der Waals surface area contributed by atoms with Gasteiger partial charge in [-0.1, -0.05) is 0 Å². The summed E-state index contributed by atoms with van der Waals surface area (Å²) in [5.74, 6) is 0. The molecule has 0 amide bonds. The lowest BCUT2D eigenvalue weighted by molar-refractivity contribution is 0.460. The van der Waals surface area contributed by atoms with E-state index in [1.807, 2.05) is 6.92 Å². The first-order chi connectivity index (χ1) is 7.34. The normalized spacial score (nSPS) is 14.3. The Morgan fingerprint density at radius 1 is 1.62 bits per heavy atom. The highest BCUT2D eigenvalue weighted by Gasteiger charge is 2.22. The molecule has 1 unspecified atom stereocenters. The van der Waals surface area contributed by atoms with Gasteiger partial charge in [0, 0.05) is 32.2 Å². The van der Waals surface area contributed by atoms with E-state index >= 15 is 0 Å². The van der Waals surface area contributed by atoms with E-state index in [9.17, 15) is 8.42 Å². The molecule has 1 atom stereocenters. The number of alkyl halides is 1. The molecule has 0 aliphatic rings. The minimum atomic E-state index is -3.42. The zero-order chi connectivity index (χ0) is 12.3. The van der Waals surface area contributed by atoms with Crippen LogP contribution in [0.2, 0.25) is 0 Å². The largest absolute Gasteiger partial charge is 0.274 e. The molecule has 0 saturated carbocycles. The summed E-state index contributed by atoms with van der Waals surface area (Å²) in [6, 6.07) is 0. The number of hydrogen-bond donors (Lipinski definition) is 0. The summed E-state index contributed by atoms with van der Waals surface area (Å²) in [5.41, 5.74) is 0. The zero-order valence-electron chi connectivity index (χ0n) is 9.59. The fourth-order valence-corrected chi connectivity index (χ4v) is 2.46. The summed E-state index contributed by atoms with van der Waals surface area (Å²) in [4.78, 5) is 0.208. The molecular weight excluding hydrogens is 250 g/mol. The first kappa shape index (κ1) is 13.5. The molecule has 5 nitrogen and oxygen atoms in total. The van der Waals surface area contributed by atoms with Crippen LogP contribution < -0.4 is 0 Å². The van der Waals surface area contributed by atoms with Crippen molar-refractivity contribution < 1.29 is 8.42 Å². The second-order valence-electron chi connectivity index (χ2n) is 3.75. The maximum absolute atomic E-state index is 12.0. The van der Waals surface area contributed by atoms with Crippen molar-refractivity contribution in [2.24, 2.45) is 7.05 Å². The van der Waals surface area contributed by atoms with Gasteiger partial charge in [-0.2, -0.15) is 5.10 Å². The highest BCUT2D eigenvalue weighted by molar-refractivity contribution is 7.89. The van der Waals surface area contributed by atoms with Gasteiger partial charge in [0.05, 0.1) is 6.20 Å². The molecule has 1 aromatic rings. The molecule has 0 radical (unpaired) electrons. The fraction of sp³-hybridized carbons (Fsp3) is 0.667. The minimum absolute atomic E-state index is 0.0356. The molecule has 1 heterocycles. The summed E-state index contributed by atoms with van der Waals surface area (Å²) in [5, 5.41) is 3.81.